The van der Waals surface area contributed by atoms with E-state index in [0.29, 0.717) is 18.1 Å². The van der Waals surface area contributed by atoms with E-state index in [1.807, 2.05) is 36.4 Å². The Hall–Kier alpha value is -4.11. The van der Waals surface area contributed by atoms with Crippen LogP contribution < -0.4 is 10.2 Å². The highest BCUT2D eigenvalue weighted by atomic mass is 16.4. The van der Waals surface area contributed by atoms with Crippen LogP contribution in [0.25, 0.3) is 10.9 Å². The van der Waals surface area contributed by atoms with E-state index in [1.54, 1.807) is 30.6 Å². The van der Waals surface area contributed by atoms with Gasteiger partial charge >= 0.3 is 5.97 Å². The van der Waals surface area contributed by atoms with Crippen LogP contribution in [-0.2, 0) is 6.54 Å². The summed E-state index contributed by atoms with van der Waals surface area (Å²) in [5, 5.41) is 13.5. The second-order valence-electron chi connectivity index (χ2n) is 7.83. The lowest BCUT2D eigenvalue weighted by molar-refractivity contribution is 0.0697. The van der Waals surface area contributed by atoms with E-state index < -0.39 is 5.97 Å². The fraction of sp³-hybridized carbons (Fsp3) is 0.208. The lowest BCUT2D eigenvalue weighted by atomic mass is 10.2. The lowest BCUT2D eigenvalue weighted by Gasteiger charge is -2.34. The van der Waals surface area contributed by atoms with Crippen LogP contribution in [0.3, 0.4) is 0 Å². The zero-order chi connectivity index (χ0) is 22.6. The van der Waals surface area contributed by atoms with Crippen LogP contribution in [0, 0.1) is 0 Å². The molecule has 166 valence electrons. The zero-order valence-electron chi connectivity index (χ0n) is 17.9. The van der Waals surface area contributed by atoms with Crippen LogP contribution in [0.4, 0.5) is 17.5 Å². The molecule has 0 spiro atoms. The molecule has 2 aromatic carbocycles. The van der Waals surface area contributed by atoms with E-state index >= 15 is 0 Å². The first-order valence-electron chi connectivity index (χ1n) is 10.8. The summed E-state index contributed by atoms with van der Waals surface area (Å²) < 4.78 is 0. The number of aromatic carboxylic acids is 1. The fourth-order valence-corrected chi connectivity index (χ4v) is 3.92. The van der Waals surface area contributed by atoms with Crippen molar-refractivity contribution in [2.24, 2.45) is 0 Å². The van der Waals surface area contributed by atoms with E-state index in [1.165, 1.54) is 0 Å². The number of benzene rings is 2. The Labute approximate surface area is 190 Å². The largest absolute Gasteiger partial charge is 0.478 e. The Balaban J connectivity index is 1.35. The van der Waals surface area contributed by atoms with Gasteiger partial charge in [0.25, 0.3) is 0 Å². The molecule has 0 saturated carbocycles. The van der Waals surface area contributed by atoms with Gasteiger partial charge in [-0.15, -0.1) is 0 Å². The standard InChI is InChI=1S/C24H23N7O2/c32-23(33)17-5-3-6-18(15-17)27-22-19-7-1-2-8-20(19)28-21(29-22)16-30-11-13-31(14-12-30)24-25-9-4-10-26-24/h1-10,15H,11-14,16H2,(H,32,33)(H,27,28,29). The van der Waals surface area contributed by atoms with Gasteiger partial charge in [0, 0.05) is 49.6 Å². The molecular weight excluding hydrogens is 418 g/mol. The predicted molar refractivity (Wildman–Crippen MR) is 126 cm³/mol. The number of nitrogens with one attached hydrogen (secondary N) is 1. The number of hydrogen-bond acceptors (Lipinski definition) is 8. The number of para-hydroxylation sites is 1. The Morgan fingerprint density at radius 1 is 0.939 bits per heavy atom. The van der Waals surface area contributed by atoms with Crippen molar-refractivity contribution in [3.63, 3.8) is 0 Å². The van der Waals surface area contributed by atoms with Crippen molar-refractivity contribution >= 4 is 34.3 Å². The van der Waals surface area contributed by atoms with Crippen molar-refractivity contribution in [3.05, 3.63) is 78.4 Å². The molecule has 0 bridgehead atoms. The maximum atomic E-state index is 11.3. The Kier molecular flexibility index (Phi) is 5.77. The molecule has 0 radical (unpaired) electrons. The second kappa shape index (κ2) is 9.17. The van der Waals surface area contributed by atoms with Gasteiger partial charge in [-0.25, -0.2) is 24.7 Å². The van der Waals surface area contributed by atoms with Crippen LogP contribution in [0.5, 0.6) is 0 Å². The normalized spacial score (nSPS) is 14.4. The smallest absolute Gasteiger partial charge is 0.335 e. The minimum atomic E-state index is -0.966. The highest BCUT2D eigenvalue weighted by Gasteiger charge is 2.20. The van der Waals surface area contributed by atoms with Gasteiger partial charge in [0.1, 0.15) is 11.6 Å². The molecule has 33 heavy (non-hydrogen) atoms. The van der Waals surface area contributed by atoms with Crippen LogP contribution >= 0.6 is 0 Å². The summed E-state index contributed by atoms with van der Waals surface area (Å²) in [6.45, 7) is 4.02. The van der Waals surface area contributed by atoms with Crippen LogP contribution in [0.1, 0.15) is 16.2 Å². The number of hydrogen-bond donors (Lipinski definition) is 2. The molecule has 2 aromatic heterocycles. The molecule has 0 unspecified atom stereocenters. The first-order valence-corrected chi connectivity index (χ1v) is 10.8. The van der Waals surface area contributed by atoms with Crippen molar-refractivity contribution in [2.75, 3.05) is 36.4 Å². The minimum absolute atomic E-state index is 0.221. The summed E-state index contributed by atoms with van der Waals surface area (Å²) in [5.41, 5.74) is 1.73. The maximum Gasteiger partial charge on any atom is 0.335 e. The summed E-state index contributed by atoms with van der Waals surface area (Å²) in [6, 6.07) is 16.3. The van der Waals surface area contributed by atoms with Gasteiger partial charge in [-0.1, -0.05) is 18.2 Å². The van der Waals surface area contributed by atoms with E-state index in [4.69, 9.17) is 9.97 Å². The van der Waals surface area contributed by atoms with Gasteiger partial charge in [-0.05, 0) is 36.4 Å². The molecule has 9 heteroatoms. The minimum Gasteiger partial charge on any atom is -0.478 e. The molecule has 1 aliphatic heterocycles. The van der Waals surface area contributed by atoms with Crippen LogP contribution in [0.2, 0.25) is 0 Å². The SMILES string of the molecule is O=C(O)c1cccc(Nc2nc(CN3CCN(c4ncccn4)CC3)nc3ccccc23)c1. The molecule has 1 aliphatic rings. The Morgan fingerprint density at radius 2 is 1.73 bits per heavy atom. The topological polar surface area (TPSA) is 107 Å². The molecule has 9 nitrogen and oxygen atoms in total. The number of aromatic nitrogens is 4. The lowest BCUT2D eigenvalue weighted by Crippen LogP contribution is -2.46. The molecule has 0 amide bonds. The molecule has 0 atom stereocenters. The monoisotopic (exact) mass is 441 g/mol. The Bertz CT molecular complexity index is 1270. The Morgan fingerprint density at radius 3 is 2.52 bits per heavy atom. The molecule has 5 rings (SSSR count). The first-order chi connectivity index (χ1) is 16.2. The quantitative estimate of drug-likeness (QED) is 0.466. The average Bonchev–Trinajstić information content (AvgIpc) is 2.85. The van der Waals surface area contributed by atoms with Crippen LogP contribution in [-0.4, -0.2) is 62.1 Å². The molecule has 1 saturated heterocycles. The zero-order valence-corrected chi connectivity index (χ0v) is 17.9. The second-order valence-corrected chi connectivity index (χ2v) is 7.83. The number of carboxylic acid groups (broad SMARTS) is 1. The van der Waals surface area contributed by atoms with E-state index in [0.717, 1.165) is 48.9 Å². The predicted octanol–water partition coefficient (Wildman–Crippen LogP) is 3.18. The van der Waals surface area contributed by atoms with Gasteiger partial charge in [0.2, 0.25) is 5.95 Å². The number of fused-ring (bicyclic) bond motifs is 1. The van der Waals surface area contributed by atoms with Crippen molar-refractivity contribution in [3.8, 4) is 0 Å². The molecule has 1 fully saturated rings. The number of carboxylic acids is 1. The molecule has 0 aliphatic carbocycles. The highest BCUT2D eigenvalue weighted by molar-refractivity contribution is 5.92. The van der Waals surface area contributed by atoms with Gasteiger partial charge in [0.05, 0.1) is 17.6 Å². The molecule has 2 N–H and O–H groups in total. The number of carbonyl (C=O) groups is 1. The average molecular weight is 441 g/mol. The third-order valence-electron chi connectivity index (χ3n) is 5.59. The third kappa shape index (κ3) is 4.73. The number of anilines is 3. The van der Waals surface area contributed by atoms with Crippen molar-refractivity contribution < 1.29 is 9.90 Å². The highest BCUT2D eigenvalue weighted by Crippen LogP contribution is 2.25. The third-order valence-corrected chi connectivity index (χ3v) is 5.59. The summed E-state index contributed by atoms with van der Waals surface area (Å²) in [6.07, 6.45) is 3.52. The molecule has 3 heterocycles. The van der Waals surface area contributed by atoms with E-state index in [2.05, 4.69) is 25.1 Å². The van der Waals surface area contributed by atoms with Gasteiger partial charge in [-0.2, -0.15) is 0 Å². The van der Waals surface area contributed by atoms with Crippen LogP contribution in [0.15, 0.2) is 67.0 Å². The summed E-state index contributed by atoms with van der Waals surface area (Å²) in [5.74, 6) is 1.17. The molecule has 4 aromatic rings. The van der Waals surface area contributed by atoms with E-state index in [-0.39, 0.29) is 5.56 Å². The first kappa shape index (κ1) is 20.8. The number of piperazine rings is 1. The maximum absolute atomic E-state index is 11.3. The summed E-state index contributed by atoms with van der Waals surface area (Å²) >= 11 is 0. The van der Waals surface area contributed by atoms with Gasteiger partial charge in [-0.3, -0.25) is 4.90 Å². The number of nitrogens with zero attached hydrogens (tertiary/aromatic N) is 6. The van der Waals surface area contributed by atoms with Crippen molar-refractivity contribution in [2.45, 2.75) is 6.54 Å². The van der Waals surface area contributed by atoms with Gasteiger partial charge in [0.15, 0.2) is 0 Å². The number of rotatable bonds is 6. The summed E-state index contributed by atoms with van der Waals surface area (Å²) in [4.78, 5) is 34.1. The van der Waals surface area contributed by atoms with Gasteiger partial charge < -0.3 is 15.3 Å². The van der Waals surface area contributed by atoms with Crippen molar-refractivity contribution in [1.29, 1.82) is 0 Å². The molecular formula is C24H23N7O2. The fourth-order valence-electron chi connectivity index (χ4n) is 3.92. The summed E-state index contributed by atoms with van der Waals surface area (Å²) in [7, 11) is 0. The van der Waals surface area contributed by atoms with Crippen molar-refractivity contribution in [1.82, 2.24) is 24.8 Å². The van der Waals surface area contributed by atoms with E-state index in [9.17, 15) is 9.90 Å².